The largest absolute Gasteiger partial charge is 0.340 e. The Balaban J connectivity index is 2.03. The molecule has 0 aliphatic rings. The first kappa shape index (κ1) is 18.5. The van der Waals surface area contributed by atoms with Crippen LogP contribution >= 0.6 is 23.1 Å². The predicted octanol–water partition coefficient (Wildman–Crippen LogP) is 3.26. The molecule has 0 saturated carbocycles. The zero-order valence-electron chi connectivity index (χ0n) is 13.9. The molecule has 1 aromatic heterocycles. The zero-order chi connectivity index (χ0) is 17.4. The average molecular weight is 363 g/mol. The summed E-state index contributed by atoms with van der Waals surface area (Å²) in [5.74, 6) is 0.552. The average Bonchev–Trinajstić information content (AvgIpc) is 3.11. The molecule has 0 saturated heterocycles. The highest BCUT2D eigenvalue weighted by atomic mass is 32.2. The first-order chi connectivity index (χ1) is 11.6. The fourth-order valence-electron chi connectivity index (χ4n) is 2.32. The third-order valence-electron chi connectivity index (χ3n) is 3.63. The van der Waals surface area contributed by atoms with Gasteiger partial charge in [-0.15, -0.1) is 0 Å². The van der Waals surface area contributed by atoms with E-state index in [0.717, 1.165) is 11.3 Å². The van der Waals surface area contributed by atoms with Crippen LogP contribution in [0.2, 0.25) is 0 Å². The molecule has 4 nitrogen and oxygen atoms in total. The van der Waals surface area contributed by atoms with Gasteiger partial charge >= 0.3 is 0 Å². The summed E-state index contributed by atoms with van der Waals surface area (Å²) >= 11 is 3.28. The molecule has 1 heterocycles. The summed E-state index contributed by atoms with van der Waals surface area (Å²) in [6.07, 6.45) is 2.61. The van der Waals surface area contributed by atoms with Gasteiger partial charge < -0.3 is 10.2 Å². The van der Waals surface area contributed by atoms with Crippen LogP contribution in [0.5, 0.6) is 0 Å². The van der Waals surface area contributed by atoms with Gasteiger partial charge in [0.25, 0.3) is 5.91 Å². The molecule has 1 aromatic carbocycles. The summed E-state index contributed by atoms with van der Waals surface area (Å²) in [7, 11) is 1.78. The lowest BCUT2D eigenvalue weighted by atomic mass is 10.1. The standard InChI is InChI=1S/C18H22N2O2S2/c1-20(12-14-8-11-24-13-14)18(22)16(9-10-23-2)19-17(21)15-6-4-3-5-7-15/h3-8,11,13,16H,9-10,12H2,1-2H3,(H,19,21)/t16-/m0/s1. The number of thioether (sulfide) groups is 1. The minimum absolute atomic E-state index is 0.0560. The van der Waals surface area contributed by atoms with Gasteiger partial charge in [-0.25, -0.2) is 0 Å². The second kappa shape index (κ2) is 9.49. The van der Waals surface area contributed by atoms with Crippen molar-refractivity contribution >= 4 is 34.9 Å². The van der Waals surface area contributed by atoms with Crippen LogP contribution in [0.25, 0.3) is 0 Å². The number of rotatable bonds is 8. The first-order valence-corrected chi connectivity index (χ1v) is 10.1. The van der Waals surface area contributed by atoms with E-state index in [1.807, 2.05) is 41.3 Å². The lowest BCUT2D eigenvalue weighted by Crippen LogP contribution is -2.47. The Morgan fingerprint density at radius 3 is 2.62 bits per heavy atom. The van der Waals surface area contributed by atoms with Gasteiger partial charge in [0.1, 0.15) is 6.04 Å². The van der Waals surface area contributed by atoms with Crippen molar-refractivity contribution in [3.63, 3.8) is 0 Å². The Kier molecular flexibility index (Phi) is 7.34. The molecule has 2 aromatic rings. The van der Waals surface area contributed by atoms with Crippen molar-refractivity contribution in [2.75, 3.05) is 19.1 Å². The number of thiophene rings is 1. The van der Waals surface area contributed by atoms with Crippen LogP contribution in [-0.2, 0) is 11.3 Å². The van der Waals surface area contributed by atoms with E-state index in [1.165, 1.54) is 0 Å². The van der Waals surface area contributed by atoms with Crippen LogP contribution in [0.3, 0.4) is 0 Å². The summed E-state index contributed by atoms with van der Waals surface area (Å²) in [4.78, 5) is 26.8. The van der Waals surface area contributed by atoms with Crippen LogP contribution in [0.1, 0.15) is 22.3 Å². The smallest absolute Gasteiger partial charge is 0.251 e. The molecule has 0 aliphatic carbocycles. The second-order valence-corrected chi connectivity index (χ2v) is 7.27. The van der Waals surface area contributed by atoms with E-state index in [0.29, 0.717) is 18.5 Å². The van der Waals surface area contributed by atoms with Gasteiger partial charge in [-0.3, -0.25) is 9.59 Å². The number of nitrogens with one attached hydrogen (secondary N) is 1. The van der Waals surface area contributed by atoms with E-state index in [-0.39, 0.29) is 11.8 Å². The van der Waals surface area contributed by atoms with E-state index in [9.17, 15) is 9.59 Å². The zero-order valence-corrected chi connectivity index (χ0v) is 15.5. The molecule has 2 amide bonds. The molecule has 0 fully saturated rings. The molecule has 2 rings (SSSR count). The molecule has 1 atom stereocenters. The van der Waals surface area contributed by atoms with Crippen LogP contribution < -0.4 is 5.32 Å². The van der Waals surface area contributed by atoms with E-state index in [1.54, 1.807) is 47.2 Å². The third-order valence-corrected chi connectivity index (χ3v) is 5.00. The van der Waals surface area contributed by atoms with Gasteiger partial charge in [0, 0.05) is 19.2 Å². The Hall–Kier alpha value is -1.79. The monoisotopic (exact) mass is 362 g/mol. The Morgan fingerprint density at radius 2 is 2.00 bits per heavy atom. The number of nitrogens with zero attached hydrogens (tertiary/aromatic N) is 1. The quantitative estimate of drug-likeness (QED) is 0.784. The second-order valence-electron chi connectivity index (χ2n) is 5.50. The summed E-state index contributed by atoms with van der Waals surface area (Å²) < 4.78 is 0. The topological polar surface area (TPSA) is 49.4 Å². The Bertz CT molecular complexity index is 644. The molecule has 0 spiro atoms. The molecule has 0 unspecified atom stereocenters. The van der Waals surface area contributed by atoms with Crippen LogP contribution in [0, 0.1) is 0 Å². The number of carbonyl (C=O) groups excluding carboxylic acids is 2. The Labute approximate surface area is 151 Å². The van der Waals surface area contributed by atoms with Gasteiger partial charge in [0.05, 0.1) is 0 Å². The maximum Gasteiger partial charge on any atom is 0.251 e. The lowest BCUT2D eigenvalue weighted by Gasteiger charge is -2.24. The van der Waals surface area contributed by atoms with Gasteiger partial charge in [-0.2, -0.15) is 23.1 Å². The highest BCUT2D eigenvalue weighted by Gasteiger charge is 2.24. The van der Waals surface area contributed by atoms with E-state index >= 15 is 0 Å². The number of hydrogen-bond acceptors (Lipinski definition) is 4. The molecule has 0 radical (unpaired) electrons. The first-order valence-electron chi connectivity index (χ1n) is 7.72. The molecular formula is C18H22N2O2S2. The number of carbonyl (C=O) groups is 2. The normalized spacial score (nSPS) is 11.8. The fraction of sp³-hybridized carbons (Fsp3) is 0.333. The predicted molar refractivity (Wildman–Crippen MR) is 101 cm³/mol. The van der Waals surface area contributed by atoms with Crippen molar-refractivity contribution in [2.45, 2.75) is 19.0 Å². The molecule has 24 heavy (non-hydrogen) atoms. The number of hydrogen-bond donors (Lipinski definition) is 1. The molecule has 128 valence electrons. The van der Waals surface area contributed by atoms with Crippen LogP contribution in [0.4, 0.5) is 0 Å². The molecule has 6 heteroatoms. The third kappa shape index (κ3) is 5.39. The SMILES string of the molecule is CSCC[C@H](NC(=O)c1ccccc1)C(=O)N(C)Cc1ccsc1. The maximum atomic E-state index is 12.7. The van der Waals surface area contributed by atoms with Crippen molar-refractivity contribution in [1.29, 1.82) is 0 Å². The van der Waals surface area contributed by atoms with Gasteiger partial charge in [0.2, 0.25) is 5.91 Å². The molecule has 1 N–H and O–H groups in total. The van der Waals surface area contributed by atoms with E-state index in [4.69, 9.17) is 0 Å². The lowest BCUT2D eigenvalue weighted by molar-refractivity contribution is -0.132. The van der Waals surface area contributed by atoms with Crippen LogP contribution in [0.15, 0.2) is 47.2 Å². The Morgan fingerprint density at radius 1 is 1.25 bits per heavy atom. The van der Waals surface area contributed by atoms with Crippen molar-refractivity contribution in [1.82, 2.24) is 10.2 Å². The van der Waals surface area contributed by atoms with E-state index in [2.05, 4.69) is 5.32 Å². The van der Waals surface area contributed by atoms with Crippen molar-refractivity contribution in [3.05, 3.63) is 58.3 Å². The van der Waals surface area contributed by atoms with Crippen molar-refractivity contribution < 1.29 is 9.59 Å². The maximum absolute atomic E-state index is 12.7. The van der Waals surface area contributed by atoms with Gasteiger partial charge in [0.15, 0.2) is 0 Å². The summed E-state index contributed by atoms with van der Waals surface area (Å²) in [6.45, 7) is 0.555. The number of likely N-dealkylation sites (N-methyl/N-ethyl adjacent to an activating group) is 1. The number of amides is 2. The highest BCUT2D eigenvalue weighted by Crippen LogP contribution is 2.11. The summed E-state index contributed by atoms with van der Waals surface area (Å²) in [5, 5.41) is 6.91. The minimum atomic E-state index is -0.506. The molecule has 0 bridgehead atoms. The summed E-state index contributed by atoms with van der Waals surface area (Å²) in [5.41, 5.74) is 1.67. The molecule has 0 aliphatic heterocycles. The highest BCUT2D eigenvalue weighted by molar-refractivity contribution is 7.98. The van der Waals surface area contributed by atoms with Crippen molar-refractivity contribution in [3.8, 4) is 0 Å². The van der Waals surface area contributed by atoms with Gasteiger partial charge in [-0.05, 0) is 53.0 Å². The molecular weight excluding hydrogens is 340 g/mol. The number of benzene rings is 1. The van der Waals surface area contributed by atoms with Gasteiger partial charge in [-0.1, -0.05) is 18.2 Å². The van der Waals surface area contributed by atoms with Crippen LogP contribution in [-0.4, -0.2) is 41.8 Å². The minimum Gasteiger partial charge on any atom is -0.340 e. The fourth-order valence-corrected chi connectivity index (χ4v) is 3.46. The summed E-state index contributed by atoms with van der Waals surface area (Å²) in [6, 6.07) is 10.5. The van der Waals surface area contributed by atoms with E-state index < -0.39 is 6.04 Å². The van der Waals surface area contributed by atoms with Crippen molar-refractivity contribution in [2.24, 2.45) is 0 Å².